The molecule has 0 radical (unpaired) electrons. The van der Waals surface area contributed by atoms with Gasteiger partial charge in [-0.2, -0.15) is 0 Å². The van der Waals surface area contributed by atoms with Gasteiger partial charge in [0.05, 0.1) is 11.4 Å². The van der Waals surface area contributed by atoms with E-state index in [-0.39, 0.29) is 5.41 Å². The van der Waals surface area contributed by atoms with E-state index < -0.39 is 0 Å². The molecule has 0 aromatic heterocycles. The van der Waals surface area contributed by atoms with E-state index in [0.717, 1.165) is 29.3 Å². The molecule has 2 nitrogen and oxygen atoms in total. The van der Waals surface area contributed by atoms with Crippen LogP contribution in [0.4, 0.5) is 17.1 Å². The standard InChI is InChI=1S/C31H46.C24H25NO.2C22H16/c1-5-7-9-11-13-15-21-31(22-16-14-12-10-8-6-2)29-23-25(3)17-19-27(29)28-20-18-26(4)24-30(28)31;1-4-5-6-19-9-11-20(12-10-19)25-21-13-7-17(2)15-23(21)26-24-16-18(3)8-14-22(24)25;1-13-9-11-19-18-8-4-6-16-14(2)10-12-20(22(16)18)17-7-3-5-15(13)21(17)19;1-13-9-11-19-20-12-10-14(2)16-6-4-8-18(22(16)20)17-7-3-5-15(13)21(17)19/h17-20,23-24H,5-16,21-22H2,1-4H3;7-16H,4-6H2,1-3H3;2*3-12H,1-2H3. The molecular formula is C99H103NO. The van der Waals surface area contributed by atoms with Crippen LogP contribution in [0, 0.1) is 55.4 Å². The van der Waals surface area contributed by atoms with Crippen LogP contribution >= 0.6 is 0 Å². The number of ether oxygens (including phenoxy) is 1. The second-order valence-electron chi connectivity index (χ2n) is 30.0. The smallest absolute Gasteiger partial charge is 0.151 e. The summed E-state index contributed by atoms with van der Waals surface area (Å²) in [7, 11) is 0. The van der Waals surface area contributed by atoms with Gasteiger partial charge in [0.15, 0.2) is 11.5 Å². The summed E-state index contributed by atoms with van der Waals surface area (Å²) >= 11 is 0. The van der Waals surface area contributed by atoms with E-state index in [1.165, 1.54) is 256 Å². The second kappa shape index (κ2) is 30.0. The van der Waals surface area contributed by atoms with Crippen molar-refractivity contribution in [2.45, 2.75) is 191 Å². The molecule has 0 spiro atoms. The predicted molar refractivity (Wildman–Crippen MR) is 442 cm³/mol. The van der Waals surface area contributed by atoms with E-state index >= 15 is 0 Å². The summed E-state index contributed by atoms with van der Waals surface area (Å²) in [5.41, 5.74) is 21.9. The van der Waals surface area contributed by atoms with Crippen molar-refractivity contribution in [1.29, 1.82) is 0 Å². The Hall–Kier alpha value is -9.50. The first-order valence-corrected chi connectivity index (χ1v) is 38.4. The van der Waals surface area contributed by atoms with Crippen molar-refractivity contribution in [2.75, 3.05) is 4.90 Å². The highest BCUT2D eigenvalue weighted by Crippen LogP contribution is 2.56. The molecule has 0 atom stereocenters. The van der Waals surface area contributed by atoms with Gasteiger partial charge in [-0.15, -0.1) is 0 Å². The van der Waals surface area contributed by atoms with Crippen molar-refractivity contribution < 1.29 is 4.74 Å². The molecule has 2 heteroatoms. The van der Waals surface area contributed by atoms with Crippen LogP contribution in [-0.4, -0.2) is 0 Å². The normalized spacial score (nSPS) is 12.7. The number of rotatable bonds is 18. The van der Waals surface area contributed by atoms with Gasteiger partial charge in [0, 0.05) is 11.1 Å². The van der Waals surface area contributed by atoms with E-state index in [4.69, 9.17) is 4.74 Å². The summed E-state index contributed by atoms with van der Waals surface area (Å²) in [6.07, 6.45) is 22.8. The number of hydrogen-bond acceptors (Lipinski definition) is 2. The first-order valence-electron chi connectivity index (χ1n) is 38.4. The lowest BCUT2D eigenvalue weighted by Crippen LogP contribution is -2.25. The van der Waals surface area contributed by atoms with Crippen molar-refractivity contribution in [3.05, 3.63) is 280 Å². The largest absolute Gasteiger partial charge is 0.453 e. The number of anilines is 3. The van der Waals surface area contributed by atoms with Gasteiger partial charge in [-0.1, -0.05) is 297 Å². The Bertz CT molecular complexity index is 4910. The van der Waals surface area contributed by atoms with Crippen LogP contribution in [-0.2, 0) is 11.8 Å². The lowest BCUT2D eigenvalue weighted by Gasteiger charge is -2.33. The quantitative estimate of drug-likeness (QED) is 0.0482. The topological polar surface area (TPSA) is 12.5 Å². The van der Waals surface area contributed by atoms with Crippen LogP contribution in [0.1, 0.15) is 185 Å². The molecule has 1 heterocycles. The van der Waals surface area contributed by atoms with E-state index in [9.17, 15) is 0 Å². The van der Waals surface area contributed by atoms with E-state index in [1.807, 2.05) is 0 Å². The predicted octanol–water partition coefficient (Wildman–Crippen LogP) is 30.0. The third kappa shape index (κ3) is 13.3. The van der Waals surface area contributed by atoms with Gasteiger partial charge in [-0.3, -0.25) is 0 Å². The second-order valence-corrected chi connectivity index (χ2v) is 30.0. The van der Waals surface area contributed by atoms with Crippen LogP contribution in [0.5, 0.6) is 11.5 Å². The van der Waals surface area contributed by atoms with Gasteiger partial charge in [0.1, 0.15) is 0 Å². The molecule has 0 unspecified atom stereocenters. The van der Waals surface area contributed by atoms with Gasteiger partial charge in [0.25, 0.3) is 0 Å². The highest BCUT2D eigenvalue weighted by atomic mass is 16.5. The number of nitrogens with zero attached hydrogens (tertiary/aromatic N) is 1. The number of unbranched alkanes of at least 4 members (excludes halogenated alkanes) is 11. The molecule has 0 amide bonds. The molecule has 15 aromatic rings. The molecule has 0 saturated carbocycles. The van der Waals surface area contributed by atoms with E-state index in [1.54, 1.807) is 11.1 Å². The third-order valence-corrected chi connectivity index (χ3v) is 22.7. The fourth-order valence-electron chi connectivity index (χ4n) is 17.3. The maximum atomic E-state index is 6.23. The molecule has 1 aliphatic carbocycles. The first kappa shape index (κ1) is 68.6. The Morgan fingerprint density at radius 2 is 0.604 bits per heavy atom. The molecule has 0 bridgehead atoms. The molecule has 1 aliphatic heterocycles. The van der Waals surface area contributed by atoms with Crippen LogP contribution in [0.25, 0.3) is 97.3 Å². The Morgan fingerprint density at radius 3 is 0.970 bits per heavy atom. The molecule has 0 N–H and O–H groups in total. The summed E-state index contributed by atoms with van der Waals surface area (Å²) < 4.78 is 6.23. The molecule has 0 saturated heterocycles. The van der Waals surface area contributed by atoms with E-state index in [0.29, 0.717) is 0 Å². The summed E-state index contributed by atoms with van der Waals surface area (Å²) in [6.45, 7) is 24.4. The van der Waals surface area contributed by atoms with Crippen molar-refractivity contribution >= 4 is 103 Å². The van der Waals surface area contributed by atoms with Crippen molar-refractivity contribution in [1.82, 2.24) is 0 Å². The molecule has 17 rings (SSSR count). The molecule has 15 aromatic carbocycles. The molecule has 510 valence electrons. The minimum atomic E-state index is 0.234. The molecule has 101 heavy (non-hydrogen) atoms. The zero-order valence-corrected chi connectivity index (χ0v) is 62.2. The Balaban J connectivity index is 0.000000115. The van der Waals surface area contributed by atoms with Crippen LogP contribution < -0.4 is 9.64 Å². The Morgan fingerprint density at radius 1 is 0.287 bits per heavy atom. The lowest BCUT2D eigenvalue weighted by atomic mass is 9.70. The average Bonchev–Trinajstić information content (AvgIpc) is 1.33. The fraction of sp³-hybridized carbons (Fsp3) is 0.293. The molecule has 2 aliphatic rings. The van der Waals surface area contributed by atoms with Crippen LogP contribution in [0.3, 0.4) is 0 Å². The fourth-order valence-corrected chi connectivity index (χ4v) is 17.3. The summed E-state index contributed by atoms with van der Waals surface area (Å²) in [5, 5.41) is 22.1. The van der Waals surface area contributed by atoms with Gasteiger partial charge in [-0.05, 0) is 265 Å². The summed E-state index contributed by atoms with van der Waals surface area (Å²) in [4.78, 5) is 2.30. The average molecular weight is 1320 g/mol. The minimum Gasteiger partial charge on any atom is -0.453 e. The molecule has 0 fully saturated rings. The maximum absolute atomic E-state index is 6.23. The number of fused-ring (bicyclic) bond motifs is 9. The Kier molecular flexibility index (Phi) is 20.4. The van der Waals surface area contributed by atoms with Crippen molar-refractivity contribution in [3.8, 4) is 22.6 Å². The zero-order valence-electron chi connectivity index (χ0n) is 62.2. The number of aryl methyl sites for hydroxylation is 9. The SMILES string of the molecule is CCCCCCCCC1(CCCCCCCC)c2cc(C)ccc2-c2ccc(C)cc21.CCCCc1ccc(N2c3ccc(C)cc3Oc3cc(C)ccc32)cc1.Cc1ccc2c3ccc(C)c4cccc(c5cccc1c52)c43.Cc1ccc2c3cccc4c(C)ccc(c5cccc1c52)c43. The third-order valence-electron chi connectivity index (χ3n) is 22.7. The van der Waals surface area contributed by atoms with Gasteiger partial charge < -0.3 is 9.64 Å². The molecular weight excluding hydrogens is 1220 g/mol. The van der Waals surface area contributed by atoms with Crippen molar-refractivity contribution in [3.63, 3.8) is 0 Å². The van der Waals surface area contributed by atoms with Gasteiger partial charge in [-0.25, -0.2) is 0 Å². The number of hydrogen-bond donors (Lipinski definition) is 0. The highest BCUT2D eigenvalue weighted by molar-refractivity contribution is 6.34. The maximum Gasteiger partial charge on any atom is 0.151 e. The Labute approximate surface area is 602 Å². The monoisotopic (exact) mass is 1320 g/mol. The first-order chi connectivity index (χ1) is 49.3. The van der Waals surface area contributed by atoms with Gasteiger partial charge >= 0.3 is 0 Å². The highest BCUT2D eigenvalue weighted by Gasteiger charge is 2.42. The van der Waals surface area contributed by atoms with Crippen LogP contribution in [0.2, 0.25) is 0 Å². The summed E-state index contributed by atoms with van der Waals surface area (Å²) in [5.74, 6) is 1.83. The number of benzene rings is 15. The zero-order chi connectivity index (χ0) is 69.9. The summed E-state index contributed by atoms with van der Waals surface area (Å²) in [6, 6.07) is 81.3. The van der Waals surface area contributed by atoms with Crippen molar-refractivity contribution in [2.24, 2.45) is 0 Å². The minimum absolute atomic E-state index is 0.234. The van der Waals surface area contributed by atoms with E-state index in [2.05, 4.69) is 299 Å². The van der Waals surface area contributed by atoms with Crippen LogP contribution in [0.15, 0.2) is 218 Å². The lowest BCUT2D eigenvalue weighted by molar-refractivity contribution is 0.397. The van der Waals surface area contributed by atoms with Gasteiger partial charge in [0.2, 0.25) is 0 Å².